The van der Waals surface area contributed by atoms with Gasteiger partial charge in [0.1, 0.15) is 0 Å². The Hall–Kier alpha value is -1.42. The summed E-state index contributed by atoms with van der Waals surface area (Å²) in [6.45, 7) is 4.18. The average molecular weight is 237 g/mol. The SMILES string of the molecule is CCc1cc(CC)n(-c2ccnc(Cl)n2)n1. The Morgan fingerprint density at radius 1 is 1.31 bits per heavy atom. The fraction of sp³-hybridized carbons (Fsp3) is 0.364. The maximum Gasteiger partial charge on any atom is 0.224 e. The zero-order valence-electron chi connectivity index (χ0n) is 9.31. The molecule has 16 heavy (non-hydrogen) atoms. The first-order chi connectivity index (χ1) is 7.74. The number of halogens is 1. The predicted octanol–water partition coefficient (Wildman–Crippen LogP) is 2.44. The standard InChI is InChI=1S/C11H13ClN4/c1-3-8-7-9(4-2)16(15-8)10-5-6-13-11(12)14-10/h5-7H,3-4H2,1-2H3. The molecular formula is C11H13ClN4. The van der Waals surface area contributed by atoms with Crippen LogP contribution in [0.3, 0.4) is 0 Å². The topological polar surface area (TPSA) is 43.6 Å². The summed E-state index contributed by atoms with van der Waals surface area (Å²) in [6.07, 6.45) is 3.46. The first kappa shape index (κ1) is 11.1. The normalized spacial score (nSPS) is 10.7. The molecule has 0 saturated carbocycles. The Kier molecular flexibility index (Phi) is 3.19. The molecule has 84 valence electrons. The molecule has 0 aliphatic rings. The molecule has 0 unspecified atom stereocenters. The molecule has 0 aliphatic carbocycles. The van der Waals surface area contributed by atoms with Crippen molar-refractivity contribution in [1.82, 2.24) is 19.7 Å². The van der Waals surface area contributed by atoms with Gasteiger partial charge in [-0.25, -0.2) is 9.67 Å². The summed E-state index contributed by atoms with van der Waals surface area (Å²) in [5, 5.41) is 4.72. The molecule has 5 heteroatoms. The predicted molar refractivity (Wildman–Crippen MR) is 62.9 cm³/mol. The molecular weight excluding hydrogens is 224 g/mol. The minimum absolute atomic E-state index is 0.244. The van der Waals surface area contributed by atoms with Crippen LogP contribution < -0.4 is 0 Å². The smallest absolute Gasteiger partial charge is 0.224 e. The largest absolute Gasteiger partial charge is 0.226 e. The van der Waals surface area contributed by atoms with Crippen molar-refractivity contribution in [1.29, 1.82) is 0 Å². The Bertz CT molecular complexity index is 492. The maximum atomic E-state index is 5.77. The molecule has 2 heterocycles. The lowest BCUT2D eigenvalue weighted by Crippen LogP contribution is -2.04. The molecule has 2 aromatic rings. The van der Waals surface area contributed by atoms with Crippen molar-refractivity contribution in [2.45, 2.75) is 26.7 Å². The van der Waals surface area contributed by atoms with Gasteiger partial charge in [0.25, 0.3) is 0 Å². The van der Waals surface area contributed by atoms with Crippen LogP contribution >= 0.6 is 11.6 Å². The van der Waals surface area contributed by atoms with Crippen LogP contribution in [-0.4, -0.2) is 19.7 Å². The molecule has 0 saturated heterocycles. The van der Waals surface area contributed by atoms with E-state index in [2.05, 4.69) is 35.0 Å². The molecule has 2 aromatic heterocycles. The summed E-state index contributed by atoms with van der Waals surface area (Å²) >= 11 is 5.77. The van der Waals surface area contributed by atoms with Gasteiger partial charge in [-0.1, -0.05) is 13.8 Å². The van der Waals surface area contributed by atoms with E-state index in [1.807, 2.05) is 4.68 Å². The van der Waals surface area contributed by atoms with E-state index in [0.29, 0.717) is 0 Å². The van der Waals surface area contributed by atoms with Crippen LogP contribution in [0, 0.1) is 0 Å². The van der Waals surface area contributed by atoms with Gasteiger partial charge in [0.15, 0.2) is 5.82 Å². The van der Waals surface area contributed by atoms with Gasteiger partial charge in [-0.05, 0) is 30.5 Å². The van der Waals surface area contributed by atoms with E-state index in [9.17, 15) is 0 Å². The van der Waals surface area contributed by atoms with Gasteiger partial charge < -0.3 is 0 Å². The van der Waals surface area contributed by atoms with Crippen molar-refractivity contribution in [3.8, 4) is 5.82 Å². The lowest BCUT2D eigenvalue weighted by Gasteiger charge is -2.03. The van der Waals surface area contributed by atoms with E-state index >= 15 is 0 Å². The first-order valence-corrected chi connectivity index (χ1v) is 5.69. The number of rotatable bonds is 3. The summed E-state index contributed by atoms with van der Waals surface area (Å²) in [4.78, 5) is 8.02. The monoisotopic (exact) mass is 236 g/mol. The number of nitrogens with zero attached hydrogens (tertiary/aromatic N) is 4. The van der Waals surface area contributed by atoms with Crippen LogP contribution in [0.25, 0.3) is 5.82 Å². The second-order valence-corrected chi connectivity index (χ2v) is 3.77. The van der Waals surface area contributed by atoms with Crippen LogP contribution in [0.4, 0.5) is 0 Å². The Morgan fingerprint density at radius 3 is 2.75 bits per heavy atom. The highest BCUT2D eigenvalue weighted by molar-refractivity contribution is 6.28. The highest BCUT2D eigenvalue weighted by Crippen LogP contribution is 2.13. The second kappa shape index (κ2) is 4.61. The lowest BCUT2D eigenvalue weighted by molar-refractivity contribution is 0.768. The van der Waals surface area contributed by atoms with Gasteiger partial charge in [0.2, 0.25) is 5.28 Å². The molecule has 0 amide bonds. The minimum Gasteiger partial charge on any atom is -0.226 e. The summed E-state index contributed by atoms with van der Waals surface area (Å²) in [5.74, 6) is 0.719. The molecule has 0 spiro atoms. The zero-order valence-corrected chi connectivity index (χ0v) is 10.1. The molecule has 2 rings (SSSR count). The third-order valence-corrected chi connectivity index (χ3v) is 2.57. The van der Waals surface area contributed by atoms with Crippen molar-refractivity contribution in [3.63, 3.8) is 0 Å². The first-order valence-electron chi connectivity index (χ1n) is 5.31. The third kappa shape index (κ3) is 2.07. The van der Waals surface area contributed by atoms with E-state index in [-0.39, 0.29) is 5.28 Å². The molecule has 0 aromatic carbocycles. The Morgan fingerprint density at radius 2 is 2.12 bits per heavy atom. The molecule has 0 bridgehead atoms. The van der Waals surface area contributed by atoms with Crippen molar-refractivity contribution < 1.29 is 0 Å². The van der Waals surface area contributed by atoms with Gasteiger partial charge in [0, 0.05) is 18.0 Å². The summed E-state index contributed by atoms with van der Waals surface area (Å²) in [7, 11) is 0. The van der Waals surface area contributed by atoms with Gasteiger partial charge >= 0.3 is 0 Å². The lowest BCUT2D eigenvalue weighted by atomic mass is 10.2. The van der Waals surface area contributed by atoms with Gasteiger partial charge in [-0.3, -0.25) is 0 Å². The van der Waals surface area contributed by atoms with Crippen LogP contribution in [-0.2, 0) is 12.8 Å². The second-order valence-electron chi connectivity index (χ2n) is 3.43. The number of aromatic nitrogens is 4. The summed E-state index contributed by atoms with van der Waals surface area (Å²) in [6, 6.07) is 3.90. The van der Waals surface area contributed by atoms with Crippen LogP contribution in [0.1, 0.15) is 25.2 Å². The van der Waals surface area contributed by atoms with Crippen molar-refractivity contribution in [3.05, 3.63) is 35.0 Å². The molecule has 0 fully saturated rings. The van der Waals surface area contributed by atoms with E-state index in [0.717, 1.165) is 30.0 Å². The Balaban J connectivity index is 2.50. The van der Waals surface area contributed by atoms with Crippen LogP contribution in [0.15, 0.2) is 18.3 Å². The molecule has 0 aliphatic heterocycles. The van der Waals surface area contributed by atoms with Crippen LogP contribution in [0.5, 0.6) is 0 Å². The van der Waals surface area contributed by atoms with Gasteiger partial charge in [0.05, 0.1) is 5.69 Å². The quantitative estimate of drug-likeness (QED) is 0.769. The van der Waals surface area contributed by atoms with Crippen LogP contribution in [0.2, 0.25) is 5.28 Å². The van der Waals surface area contributed by atoms with E-state index in [1.54, 1.807) is 12.3 Å². The van der Waals surface area contributed by atoms with Crippen molar-refractivity contribution >= 4 is 11.6 Å². The fourth-order valence-corrected chi connectivity index (χ4v) is 1.68. The fourth-order valence-electron chi connectivity index (χ4n) is 1.54. The maximum absolute atomic E-state index is 5.77. The molecule has 0 N–H and O–H groups in total. The average Bonchev–Trinajstić information content (AvgIpc) is 2.72. The number of aryl methyl sites for hydroxylation is 2. The highest BCUT2D eigenvalue weighted by Gasteiger charge is 2.08. The van der Waals surface area contributed by atoms with Crippen molar-refractivity contribution in [2.75, 3.05) is 0 Å². The summed E-state index contributed by atoms with van der Waals surface area (Å²) < 4.78 is 1.83. The van der Waals surface area contributed by atoms with Crippen molar-refractivity contribution in [2.24, 2.45) is 0 Å². The number of hydrogen-bond donors (Lipinski definition) is 0. The zero-order chi connectivity index (χ0) is 11.5. The van der Waals surface area contributed by atoms with E-state index in [4.69, 9.17) is 11.6 Å². The minimum atomic E-state index is 0.244. The Labute approximate surface area is 99.3 Å². The highest BCUT2D eigenvalue weighted by atomic mass is 35.5. The van der Waals surface area contributed by atoms with E-state index in [1.165, 1.54) is 0 Å². The van der Waals surface area contributed by atoms with E-state index < -0.39 is 0 Å². The van der Waals surface area contributed by atoms with Gasteiger partial charge in [-0.2, -0.15) is 10.1 Å². The third-order valence-electron chi connectivity index (χ3n) is 2.39. The number of hydrogen-bond acceptors (Lipinski definition) is 3. The molecule has 0 radical (unpaired) electrons. The summed E-state index contributed by atoms with van der Waals surface area (Å²) in [5.41, 5.74) is 2.19. The van der Waals surface area contributed by atoms with Gasteiger partial charge in [-0.15, -0.1) is 0 Å². The molecule has 4 nitrogen and oxygen atoms in total. The molecule has 0 atom stereocenters.